The number of piperidine rings is 1. The van der Waals surface area contributed by atoms with Crippen LogP contribution in [-0.2, 0) is 4.74 Å². The average molecular weight is 466 g/mol. The van der Waals surface area contributed by atoms with E-state index in [-0.39, 0.29) is 36.0 Å². The maximum atomic E-state index is 9.85. The Morgan fingerprint density at radius 1 is 1.20 bits per heavy atom. The summed E-state index contributed by atoms with van der Waals surface area (Å²) in [6, 6.07) is 0.679. The van der Waals surface area contributed by atoms with Crippen LogP contribution in [0.4, 0.5) is 0 Å². The van der Waals surface area contributed by atoms with Crippen LogP contribution in [0.15, 0.2) is 4.99 Å². The highest BCUT2D eigenvalue weighted by molar-refractivity contribution is 14.0. The number of aliphatic hydroxyl groups excluding tert-OH is 1. The minimum Gasteiger partial charge on any atom is -0.396 e. The van der Waals surface area contributed by atoms with Gasteiger partial charge in [-0.25, -0.2) is 0 Å². The number of rotatable bonds is 4. The summed E-state index contributed by atoms with van der Waals surface area (Å²) in [7, 11) is 1.87. The molecule has 1 unspecified atom stereocenters. The molecule has 0 aromatic rings. The molecule has 3 rings (SSSR count). The molecule has 0 aromatic heterocycles. The first-order valence-corrected chi connectivity index (χ1v) is 9.65. The van der Waals surface area contributed by atoms with E-state index in [0.717, 1.165) is 51.6 Å². The number of ether oxygens (including phenoxy) is 1. The number of aliphatic hydroxyl groups is 1. The molecule has 0 aromatic carbocycles. The van der Waals surface area contributed by atoms with Crippen molar-refractivity contribution < 1.29 is 9.84 Å². The molecule has 0 bridgehead atoms. The van der Waals surface area contributed by atoms with Gasteiger partial charge in [0, 0.05) is 51.4 Å². The van der Waals surface area contributed by atoms with Crippen molar-refractivity contribution in [1.29, 1.82) is 0 Å². The van der Waals surface area contributed by atoms with Gasteiger partial charge in [-0.1, -0.05) is 6.42 Å². The highest BCUT2D eigenvalue weighted by Gasteiger charge is 2.34. The maximum absolute atomic E-state index is 9.85. The molecule has 1 atom stereocenters. The highest BCUT2D eigenvalue weighted by atomic mass is 127. The van der Waals surface area contributed by atoms with E-state index in [2.05, 4.69) is 20.1 Å². The van der Waals surface area contributed by atoms with E-state index >= 15 is 0 Å². The molecule has 0 radical (unpaired) electrons. The van der Waals surface area contributed by atoms with E-state index in [0.29, 0.717) is 6.04 Å². The lowest BCUT2D eigenvalue weighted by molar-refractivity contribution is -0.0134. The normalized spacial score (nSPS) is 27.8. The number of likely N-dealkylation sites (tertiary alicyclic amines) is 2. The maximum Gasteiger partial charge on any atom is 0.193 e. The van der Waals surface area contributed by atoms with Gasteiger partial charge in [-0.05, 0) is 45.2 Å². The van der Waals surface area contributed by atoms with Crippen LogP contribution >= 0.6 is 24.0 Å². The molecule has 0 amide bonds. The minimum absolute atomic E-state index is 0. The SMILES string of the molecule is CN=C(NCC1(CO)CCOCC1)N1CCC(N2CCCCC2)C1.I. The Kier molecular flexibility index (Phi) is 8.71. The van der Waals surface area contributed by atoms with Gasteiger partial charge in [-0.3, -0.25) is 9.89 Å². The zero-order chi connectivity index (χ0) is 16.8. The van der Waals surface area contributed by atoms with Gasteiger partial charge in [0.2, 0.25) is 0 Å². The van der Waals surface area contributed by atoms with Crippen molar-refractivity contribution >= 4 is 29.9 Å². The summed E-state index contributed by atoms with van der Waals surface area (Å²) in [5.74, 6) is 0.994. The number of hydrogen-bond donors (Lipinski definition) is 2. The summed E-state index contributed by atoms with van der Waals surface area (Å²) in [4.78, 5) is 9.56. The number of hydrogen-bond acceptors (Lipinski definition) is 4. The molecule has 6 nitrogen and oxygen atoms in total. The van der Waals surface area contributed by atoms with Crippen LogP contribution in [-0.4, -0.2) is 86.5 Å². The molecule has 3 aliphatic heterocycles. The van der Waals surface area contributed by atoms with Crippen LogP contribution < -0.4 is 5.32 Å². The summed E-state index contributed by atoms with van der Waals surface area (Å²) in [5.41, 5.74) is -0.0554. The third kappa shape index (κ3) is 5.43. The lowest BCUT2D eigenvalue weighted by Crippen LogP contribution is -2.49. The zero-order valence-corrected chi connectivity index (χ0v) is 17.9. The van der Waals surface area contributed by atoms with E-state index in [1.165, 1.54) is 38.8 Å². The van der Waals surface area contributed by atoms with Gasteiger partial charge in [-0.15, -0.1) is 24.0 Å². The van der Waals surface area contributed by atoms with Crippen LogP contribution in [0.2, 0.25) is 0 Å². The van der Waals surface area contributed by atoms with Gasteiger partial charge in [0.1, 0.15) is 0 Å². The number of nitrogens with zero attached hydrogens (tertiary/aromatic N) is 3. The van der Waals surface area contributed by atoms with Crippen molar-refractivity contribution in [2.24, 2.45) is 10.4 Å². The minimum atomic E-state index is -0.0554. The molecule has 3 aliphatic rings. The first-order valence-electron chi connectivity index (χ1n) is 9.65. The lowest BCUT2D eigenvalue weighted by atomic mass is 9.81. The summed E-state index contributed by atoms with van der Waals surface area (Å²) in [6.07, 6.45) is 7.17. The topological polar surface area (TPSA) is 60.3 Å². The van der Waals surface area contributed by atoms with Crippen LogP contribution in [0, 0.1) is 5.41 Å². The first-order chi connectivity index (χ1) is 11.8. The number of nitrogens with one attached hydrogen (secondary N) is 1. The second-order valence-electron chi connectivity index (χ2n) is 7.66. The Labute approximate surface area is 169 Å². The fourth-order valence-electron chi connectivity index (χ4n) is 4.31. The summed E-state index contributed by atoms with van der Waals surface area (Å²) in [6.45, 7) is 7.19. The van der Waals surface area contributed by atoms with Crippen molar-refractivity contribution in [1.82, 2.24) is 15.1 Å². The fourth-order valence-corrected chi connectivity index (χ4v) is 4.31. The number of aliphatic imine (C=N–C) groups is 1. The van der Waals surface area contributed by atoms with E-state index in [9.17, 15) is 5.11 Å². The summed E-state index contributed by atoms with van der Waals surface area (Å²) in [5, 5.41) is 13.4. The molecule has 0 spiro atoms. The molecule has 0 saturated carbocycles. The molecular weight excluding hydrogens is 431 g/mol. The summed E-state index contributed by atoms with van der Waals surface area (Å²) < 4.78 is 5.46. The Morgan fingerprint density at radius 2 is 1.92 bits per heavy atom. The molecule has 2 N–H and O–H groups in total. The third-order valence-corrected chi connectivity index (χ3v) is 6.09. The van der Waals surface area contributed by atoms with Crippen LogP contribution in [0.1, 0.15) is 38.5 Å². The monoisotopic (exact) mass is 466 g/mol. The van der Waals surface area contributed by atoms with Gasteiger partial charge >= 0.3 is 0 Å². The van der Waals surface area contributed by atoms with Crippen molar-refractivity contribution in [3.63, 3.8) is 0 Å². The predicted octanol–water partition coefficient (Wildman–Crippen LogP) is 1.53. The van der Waals surface area contributed by atoms with E-state index in [1.54, 1.807) is 0 Å². The first kappa shape index (κ1) is 21.2. The van der Waals surface area contributed by atoms with Gasteiger partial charge < -0.3 is 20.1 Å². The highest BCUT2D eigenvalue weighted by Crippen LogP contribution is 2.29. The van der Waals surface area contributed by atoms with Crippen molar-refractivity contribution in [2.45, 2.75) is 44.6 Å². The van der Waals surface area contributed by atoms with Crippen LogP contribution in [0.3, 0.4) is 0 Å². The van der Waals surface area contributed by atoms with Crippen molar-refractivity contribution in [2.75, 3.05) is 59.6 Å². The fraction of sp³-hybridized carbons (Fsp3) is 0.944. The Hall–Kier alpha value is -0.120. The molecule has 3 saturated heterocycles. The van der Waals surface area contributed by atoms with Crippen molar-refractivity contribution in [3.05, 3.63) is 0 Å². The van der Waals surface area contributed by atoms with Crippen LogP contribution in [0.5, 0.6) is 0 Å². The molecule has 25 heavy (non-hydrogen) atoms. The Balaban J connectivity index is 0.00000225. The molecule has 7 heteroatoms. The predicted molar refractivity (Wildman–Crippen MR) is 112 cm³/mol. The average Bonchev–Trinajstić information content (AvgIpc) is 3.14. The zero-order valence-electron chi connectivity index (χ0n) is 15.6. The standard InChI is InChI=1S/C18H34N4O2.HI/c1-19-17(20-14-18(15-23)6-11-24-12-7-18)22-10-5-16(13-22)21-8-3-2-4-9-21;/h16,23H,2-15H2,1H3,(H,19,20);1H. The number of guanidine groups is 1. The lowest BCUT2D eigenvalue weighted by Gasteiger charge is -2.37. The largest absolute Gasteiger partial charge is 0.396 e. The smallest absolute Gasteiger partial charge is 0.193 e. The van der Waals surface area contributed by atoms with Gasteiger partial charge in [0.15, 0.2) is 5.96 Å². The molecule has 3 fully saturated rings. The molecule has 3 heterocycles. The van der Waals surface area contributed by atoms with E-state index in [1.807, 2.05) is 7.05 Å². The Morgan fingerprint density at radius 3 is 2.56 bits per heavy atom. The second-order valence-corrected chi connectivity index (χ2v) is 7.66. The van der Waals surface area contributed by atoms with Gasteiger partial charge in [-0.2, -0.15) is 0 Å². The Bertz CT molecular complexity index is 423. The van der Waals surface area contributed by atoms with Crippen molar-refractivity contribution in [3.8, 4) is 0 Å². The van der Waals surface area contributed by atoms with Gasteiger partial charge in [0.05, 0.1) is 6.61 Å². The van der Waals surface area contributed by atoms with Crippen LogP contribution in [0.25, 0.3) is 0 Å². The molecule has 146 valence electrons. The van der Waals surface area contributed by atoms with E-state index < -0.39 is 0 Å². The number of halogens is 1. The third-order valence-electron chi connectivity index (χ3n) is 6.09. The second kappa shape index (κ2) is 10.3. The molecule has 0 aliphatic carbocycles. The summed E-state index contributed by atoms with van der Waals surface area (Å²) >= 11 is 0. The quantitative estimate of drug-likeness (QED) is 0.374. The van der Waals surface area contributed by atoms with Gasteiger partial charge in [0.25, 0.3) is 0 Å². The van der Waals surface area contributed by atoms with E-state index in [4.69, 9.17) is 4.74 Å². The molecular formula is C18H35IN4O2.